The first-order valence-electron chi connectivity index (χ1n) is 9.70. The van der Waals surface area contributed by atoms with Crippen molar-refractivity contribution in [3.8, 4) is 11.5 Å². The van der Waals surface area contributed by atoms with Gasteiger partial charge in [0.25, 0.3) is 0 Å². The lowest BCUT2D eigenvalue weighted by Crippen LogP contribution is -2.40. The number of amides is 1. The average Bonchev–Trinajstić information content (AvgIpc) is 2.77. The fourth-order valence-corrected chi connectivity index (χ4v) is 3.69. The van der Waals surface area contributed by atoms with Crippen LogP contribution in [-0.2, 0) is 11.2 Å². The summed E-state index contributed by atoms with van der Waals surface area (Å²) >= 11 is 0. The van der Waals surface area contributed by atoms with Gasteiger partial charge in [0.1, 0.15) is 11.5 Å². The number of hydrogen-bond acceptors (Lipinski definition) is 4. The van der Waals surface area contributed by atoms with Crippen LogP contribution >= 0.6 is 0 Å². The van der Waals surface area contributed by atoms with Crippen molar-refractivity contribution >= 4 is 11.7 Å². The first-order valence-corrected chi connectivity index (χ1v) is 9.70. The Morgan fingerprint density at radius 3 is 2.29 bits per heavy atom. The van der Waals surface area contributed by atoms with Crippen molar-refractivity contribution in [2.24, 2.45) is 5.92 Å². The zero-order chi connectivity index (χ0) is 19.9. The molecule has 0 bridgehead atoms. The van der Waals surface area contributed by atoms with Gasteiger partial charge in [-0.15, -0.1) is 0 Å². The Bertz CT molecular complexity index is 808. The van der Waals surface area contributed by atoms with Crippen molar-refractivity contribution < 1.29 is 19.1 Å². The number of ether oxygens (including phenoxy) is 2. The molecule has 3 rings (SSSR count). The third-order valence-electron chi connectivity index (χ3n) is 5.39. The van der Waals surface area contributed by atoms with Crippen molar-refractivity contribution in [1.82, 2.24) is 4.90 Å². The van der Waals surface area contributed by atoms with Gasteiger partial charge in [0, 0.05) is 31.0 Å². The lowest BCUT2D eigenvalue weighted by Gasteiger charge is -2.31. The molecule has 148 valence electrons. The van der Waals surface area contributed by atoms with Crippen LogP contribution in [0.3, 0.4) is 0 Å². The SMILES string of the molecule is COc1ccc(C(=O)C2CCN(C(=O)CCc3ccccc3OC)CC2)cc1. The highest BCUT2D eigenvalue weighted by molar-refractivity contribution is 5.98. The second-order valence-electron chi connectivity index (χ2n) is 7.06. The van der Waals surface area contributed by atoms with Crippen LogP contribution in [-0.4, -0.2) is 43.9 Å². The van der Waals surface area contributed by atoms with E-state index in [0.29, 0.717) is 44.3 Å². The van der Waals surface area contributed by atoms with Gasteiger partial charge in [-0.1, -0.05) is 18.2 Å². The van der Waals surface area contributed by atoms with E-state index in [1.54, 1.807) is 14.2 Å². The Kier molecular flexibility index (Phi) is 6.69. The van der Waals surface area contributed by atoms with Gasteiger partial charge in [0.2, 0.25) is 5.91 Å². The first-order chi connectivity index (χ1) is 13.6. The molecule has 5 nitrogen and oxygen atoms in total. The topological polar surface area (TPSA) is 55.8 Å². The lowest BCUT2D eigenvalue weighted by atomic mass is 9.88. The third-order valence-corrected chi connectivity index (χ3v) is 5.39. The quantitative estimate of drug-likeness (QED) is 0.686. The van der Waals surface area contributed by atoms with Crippen molar-refractivity contribution in [2.45, 2.75) is 25.7 Å². The van der Waals surface area contributed by atoms with Gasteiger partial charge in [-0.2, -0.15) is 0 Å². The fourth-order valence-electron chi connectivity index (χ4n) is 3.69. The first kappa shape index (κ1) is 19.9. The lowest BCUT2D eigenvalue weighted by molar-refractivity contribution is -0.132. The van der Waals surface area contributed by atoms with E-state index >= 15 is 0 Å². The summed E-state index contributed by atoms with van der Waals surface area (Å²) in [6.45, 7) is 1.27. The summed E-state index contributed by atoms with van der Waals surface area (Å²) in [6.07, 6.45) is 2.54. The second-order valence-corrected chi connectivity index (χ2v) is 7.06. The average molecular weight is 381 g/mol. The molecule has 0 spiro atoms. The summed E-state index contributed by atoms with van der Waals surface area (Å²) in [5, 5.41) is 0. The highest BCUT2D eigenvalue weighted by Gasteiger charge is 2.27. The number of rotatable bonds is 7. The van der Waals surface area contributed by atoms with Crippen LogP contribution in [0.25, 0.3) is 0 Å². The van der Waals surface area contributed by atoms with Crippen molar-refractivity contribution in [3.63, 3.8) is 0 Å². The van der Waals surface area contributed by atoms with Gasteiger partial charge in [-0.25, -0.2) is 0 Å². The minimum absolute atomic E-state index is 0.0216. The number of nitrogens with zero attached hydrogens (tertiary/aromatic N) is 1. The molecule has 1 aliphatic rings. The molecule has 0 radical (unpaired) electrons. The molecule has 0 saturated carbocycles. The number of hydrogen-bond donors (Lipinski definition) is 0. The van der Waals surface area contributed by atoms with Crippen LogP contribution in [0, 0.1) is 5.92 Å². The molecule has 0 aromatic heterocycles. The van der Waals surface area contributed by atoms with Crippen LogP contribution in [0.5, 0.6) is 11.5 Å². The summed E-state index contributed by atoms with van der Waals surface area (Å²) in [5.41, 5.74) is 1.75. The maximum absolute atomic E-state index is 12.7. The Morgan fingerprint density at radius 2 is 1.64 bits per heavy atom. The smallest absolute Gasteiger partial charge is 0.222 e. The van der Waals surface area contributed by atoms with Crippen LogP contribution in [0.4, 0.5) is 0 Å². The minimum Gasteiger partial charge on any atom is -0.497 e. The number of Topliss-reactive ketones (excluding diaryl/α,β-unsaturated/α-hetero) is 1. The molecular weight excluding hydrogens is 354 g/mol. The number of piperidine rings is 1. The zero-order valence-electron chi connectivity index (χ0n) is 16.5. The van der Waals surface area contributed by atoms with Gasteiger partial charge in [0.15, 0.2) is 5.78 Å². The van der Waals surface area contributed by atoms with E-state index in [1.165, 1.54) is 0 Å². The van der Waals surface area contributed by atoms with E-state index in [-0.39, 0.29) is 17.6 Å². The largest absolute Gasteiger partial charge is 0.497 e. The van der Waals surface area contributed by atoms with Gasteiger partial charge in [0.05, 0.1) is 14.2 Å². The monoisotopic (exact) mass is 381 g/mol. The number of aryl methyl sites for hydroxylation is 1. The Balaban J connectivity index is 1.50. The maximum Gasteiger partial charge on any atom is 0.222 e. The van der Waals surface area contributed by atoms with Crippen molar-refractivity contribution in [1.29, 1.82) is 0 Å². The number of para-hydroxylation sites is 1. The Labute approximate surface area is 166 Å². The van der Waals surface area contributed by atoms with Crippen molar-refractivity contribution in [3.05, 3.63) is 59.7 Å². The molecule has 2 aromatic carbocycles. The van der Waals surface area contributed by atoms with E-state index in [1.807, 2.05) is 53.4 Å². The predicted molar refractivity (Wildman–Crippen MR) is 108 cm³/mol. The molecule has 28 heavy (non-hydrogen) atoms. The number of carbonyl (C=O) groups is 2. The van der Waals surface area contributed by atoms with Gasteiger partial charge >= 0.3 is 0 Å². The van der Waals surface area contributed by atoms with Crippen LogP contribution < -0.4 is 9.47 Å². The Morgan fingerprint density at radius 1 is 0.964 bits per heavy atom. The van der Waals surface area contributed by atoms with Gasteiger partial charge < -0.3 is 14.4 Å². The Hall–Kier alpha value is -2.82. The number of likely N-dealkylation sites (tertiary alicyclic amines) is 1. The number of carbonyl (C=O) groups excluding carboxylic acids is 2. The van der Waals surface area contributed by atoms with E-state index < -0.39 is 0 Å². The van der Waals surface area contributed by atoms with Crippen LogP contribution in [0.15, 0.2) is 48.5 Å². The molecule has 5 heteroatoms. The second kappa shape index (κ2) is 9.40. The molecule has 0 aliphatic carbocycles. The van der Waals surface area contributed by atoms with Crippen LogP contribution in [0.1, 0.15) is 35.2 Å². The molecule has 1 fully saturated rings. The van der Waals surface area contributed by atoms with Crippen molar-refractivity contribution in [2.75, 3.05) is 27.3 Å². The summed E-state index contributed by atoms with van der Waals surface area (Å²) in [7, 11) is 3.25. The van der Waals surface area contributed by atoms with Gasteiger partial charge in [-0.3, -0.25) is 9.59 Å². The third kappa shape index (κ3) is 4.71. The molecule has 0 N–H and O–H groups in total. The molecule has 1 saturated heterocycles. The molecule has 0 atom stereocenters. The summed E-state index contributed by atoms with van der Waals surface area (Å²) < 4.78 is 10.5. The fraction of sp³-hybridized carbons (Fsp3) is 0.391. The van der Waals surface area contributed by atoms with E-state index in [4.69, 9.17) is 9.47 Å². The molecule has 1 heterocycles. The molecular formula is C23H27NO4. The standard InChI is InChI=1S/C23H27NO4/c1-27-20-10-7-18(8-11-20)23(26)19-13-15-24(16-14-19)22(25)12-9-17-5-3-4-6-21(17)28-2/h3-8,10-11,19H,9,12-16H2,1-2H3. The van der Waals surface area contributed by atoms with Crippen LogP contribution in [0.2, 0.25) is 0 Å². The summed E-state index contributed by atoms with van der Waals surface area (Å²) in [5.74, 6) is 1.84. The highest BCUT2D eigenvalue weighted by Crippen LogP contribution is 2.24. The van der Waals surface area contributed by atoms with E-state index in [9.17, 15) is 9.59 Å². The maximum atomic E-state index is 12.7. The highest BCUT2D eigenvalue weighted by atomic mass is 16.5. The number of methoxy groups -OCH3 is 2. The predicted octanol–water partition coefficient (Wildman–Crippen LogP) is 3.76. The minimum atomic E-state index is -0.0216. The van der Waals surface area contributed by atoms with E-state index in [0.717, 1.165) is 17.1 Å². The molecule has 1 aliphatic heterocycles. The molecule has 0 unspecified atom stereocenters. The van der Waals surface area contributed by atoms with E-state index in [2.05, 4.69) is 0 Å². The summed E-state index contributed by atoms with van der Waals surface area (Å²) in [4.78, 5) is 27.2. The number of benzene rings is 2. The normalized spacial score (nSPS) is 14.6. The summed E-state index contributed by atoms with van der Waals surface area (Å²) in [6, 6.07) is 15.0. The molecule has 1 amide bonds. The zero-order valence-corrected chi connectivity index (χ0v) is 16.5. The molecule has 2 aromatic rings. The number of ketones is 1. The van der Waals surface area contributed by atoms with Gasteiger partial charge in [-0.05, 0) is 55.2 Å².